The van der Waals surface area contributed by atoms with Crippen molar-refractivity contribution < 1.29 is 0 Å². The van der Waals surface area contributed by atoms with E-state index in [4.69, 9.17) is 5.73 Å². The molecular formula is C15H15N5S. The van der Waals surface area contributed by atoms with Gasteiger partial charge in [0.25, 0.3) is 0 Å². The highest BCUT2D eigenvalue weighted by molar-refractivity contribution is 7.99. The van der Waals surface area contributed by atoms with Crippen molar-refractivity contribution in [3.8, 4) is 17.3 Å². The Bertz CT molecular complexity index is 674. The van der Waals surface area contributed by atoms with Crippen molar-refractivity contribution in [3.63, 3.8) is 0 Å². The molecule has 3 rings (SSSR count). The van der Waals surface area contributed by atoms with E-state index in [1.165, 1.54) is 25.7 Å². The lowest BCUT2D eigenvalue weighted by Crippen LogP contribution is -2.05. The van der Waals surface area contributed by atoms with Crippen molar-refractivity contribution in [2.45, 2.75) is 36.1 Å². The van der Waals surface area contributed by atoms with Crippen molar-refractivity contribution in [1.82, 2.24) is 15.0 Å². The monoisotopic (exact) mass is 297 g/mol. The van der Waals surface area contributed by atoms with Crippen molar-refractivity contribution in [2.75, 3.05) is 5.73 Å². The Morgan fingerprint density at radius 3 is 2.76 bits per heavy atom. The van der Waals surface area contributed by atoms with Crippen LogP contribution in [0.3, 0.4) is 0 Å². The first-order chi connectivity index (χ1) is 10.3. The molecule has 0 saturated heterocycles. The zero-order chi connectivity index (χ0) is 14.7. The van der Waals surface area contributed by atoms with Crippen LogP contribution in [0, 0.1) is 11.3 Å². The van der Waals surface area contributed by atoms with E-state index < -0.39 is 0 Å². The number of rotatable bonds is 3. The van der Waals surface area contributed by atoms with Gasteiger partial charge in [0.15, 0.2) is 5.16 Å². The van der Waals surface area contributed by atoms with Crippen molar-refractivity contribution in [1.29, 1.82) is 5.26 Å². The van der Waals surface area contributed by atoms with Crippen LogP contribution in [-0.2, 0) is 0 Å². The summed E-state index contributed by atoms with van der Waals surface area (Å²) >= 11 is 1.66. The minimum absolute atomic E-state index is 0.242. The van der Waals surface area contributed by atoms with E-state index >= 15 is 0 Å². The van der Waals surface area contributed by atoms with E-state index in [-0.39, 0.29) is 5.82 Å². The first kappa shape index (κ1) is 13.8. The summed E-state index contributed by atoms with van der Waals surface area (Å²) in [4.78, 5) is 12.9. The van der Waals surface area contributed by atoms with Crippen LogP contribution in [0.4, 0.5) is 5.82 Å². The highest BCUT2D eigenvalue weighted by Gasteiger charge is 2.20. The number of hydrogen-bond donors (Lipinski definition) is 1. The summed E-state index contributed by atoms with van der Waals surface area (Å²) < 4.78 is 0. The van der Waals surface area contributed by atoms with Gasteiger partial charge < -0.3 is 5.73 Å². The summed E-state index contributed by atoms with van der Waals surface area (Å²) in [5.41, 5.74) is 7.61. The minimum Gasteiger partial charge on any atom is -0.382 e. The van der Waals surface area contributed by atoms with E-state index in [0.717, 1.165) is 5.56 Å². The standard InChI is InChI=1S/C15H15N5S/c16-8-12-13(10-4-3-7-18-9-10)19-15(20-14(12)17)21-11-5-1-2-6-11/h3-4,7,9,11H,1-2,5-6H2,(H2,17,19,20). The smallest absolute Gasteiger partial charge is 0.190 e. The maximum Gasteiger partial charge on any atom is 0.190 e. The second kappa shape index (κ2) is 6.10. The number of nitrogen functional groups attached to an aromatic ring is 1. The van der Waals surface area contributed by atoms with Gasteiger partial charge in [-0.15, -0.1) is 0 Å². The van der Waals surface area contributed by atoms with Crippen LogP contribution in [0.1, 0.15) is 31.2 Å². The predicted octanol–water partition coefficient (Wildman–Crippen LogP) is 3.03. The third kappa shape index (κ3) is 2.98. The fraction of sp³-hybridized carbons (Fsp3) is 0.333. The maximum absolute atomic E-state index is 9.30. The van der Waals surface area contributed by atoms with Gasteiger partial charge in [0.05, 0.1) is 5.69 Å². The summed E-state index contributed by atoms with van der Waals surface area (Å²) in [6.07, 6.45) is 8.28. The third-order valence-corrected chi connectivity index (χ3v) is 4.74. The number of thioether (sulfide) groups is 1. The Hall–Kier alpha value is -2.13. The highest BCUT2D eigenvalue weighted by Crippen LogP contribution is 2.35. The van der Waals surface area contributed by atoms with Crippen LogP contribution < -0.4 is 5.73 Å². The van der Waals surface area contributed by atoms with Gasteiger partial charge in [0.1, 0.15) is 17.5 Å². The summed E-state index contributed by atoms with van der Waals surface area (Å²) in [6.45, 7) is 0. The highest BCUT2D eigenvalue weighted by atomic mass is 32.2. The van der Waals surface area contributed by atoms with E-state index in [1.807, 2.05) is 12.1 Å². The second-order valence-electron chi connectivity index (χ2n) is 4.99. The Labute approximate surface area is 127 Å². The number of anilines is 1. The van der Waals surface area contributed by atoms with Crippen LogP contribution in [0.5, 0.6) is 0 Å². The van der Waals surface area contributed by atoms with Gasteiger partial charge in [-0.05, 0) is 25.0 Å². The fourth-order valence-corrected chi connectivity index (χ4v) is 3.65. The zero-order valence-electron chi connectivity index (χ0n) is 11.5. The second-order valence-corrected chi connectivity index (χ2v) is 6.26. The quantitative estimate of drug-likeness (QED) is 0.876. The molecule has 5 nitrogen and oxygen atoms in total. The van der Waals surface area contributed by atoms with Crippen LogP contribution in [-0.4, -0.2) is 20.2 Å². The number of pyridine rings is 1. The summed E-state index contributed by atoms with van der Waals surface area (Å²) in [5, 5.41) is 10.5. The molecule has 1 aliphatic carbocycles. The van der Waals surface area contributed by atoms with Gasteiger partial charge in [-0.1, -0.05) is 24.6 Å². The summed E-state index contributed by atoms with van der Waals surface area (Å²) in [7, 11) is 0. The molecule has 0 unspecified atom stereocenters. The first-order valence-electron chi connectivity index (χ1n) is 6.92. The Balaban J connectivity index is 2.00. The molecular weight excluding hydrogens is 282 g/mol. The lowest BCUT2D eigenvalue weighted by atomic mass is 10.1. The summed E-state index contributed by atoms with van der Waals surface area (Å²) in [5.74, 6) is 0.242. The maximum atomic E-state index is 9.30. The van der Waals surface area contributed by atoms with E-state index in [1.54, 1.807) is 24.2 Å². The minimum atomic E-state index is 0.242. The van der Waals surface area contributed by atoms with Crippen molar-refractivity contribution >= 4 is 17.6 Å². The van der Waals surface area contributed by atoms with Gasteiger partial charge in [0, 0.05) is 23.2 Å². The van der Waals surface area contributed by atoms with E-state index in [2.05, 4.69) is 21.0 Å². The lowest BCUT2D eigenvalue weighted by molar-refractivity contribution is 0.886. The average molecular weight is 297 g/mol. The van der Waals surface area contributed by atoms with Crippen molar-refractivity contribution in [3.05, 3.63) is 30.1 Å². The molecule has 1 aliphatic rings. The molecule has 0 bridgehead atoms. The molecule has 2 aromatic heterocycles. The van der Waals surface area contributed by atoms with Crippen LogP contribution >= 0.6 is 11.8 Å². The average Bonchev–Trinajstić information content (AvgIpc) is 3.00. The van der Waals surface area contributed by atoms with Crippen LogP contribution in [0.15, 0.2) is 29.7 Å². The lowest BCUT2D eigenvalue weighted by Gasteiger charge is -2.11. The molecule has 0 aliphatic heterocycles. The van der Waals surface area contributed by atoms with Gasteiger partial charge in [-0.25, -0.2) is 9.97 Å². The number of hydrogen-bond acceptors (Lipinski definition) is 6. The third-order valence-electron chi connectivity index (χ3n) is 3.54. The molecule has 21 heavy (non-hydrogen) atoms. The largest absolute Gasteiger partial charge is 0.382 e. The molecule has 0 radical (unpaired) electrons. The zero-order valence-corrected chi connectivity index (χ0v) is 12.3. The fourth-order valence-electron chi connectivity index (χ4n) is 2.49. The SMILES string of the molecule is N#Cc1c(N)nc(SC2CCCC2)nc1-c1cccnc1. The Kier molecular flexibility index (Phi) is 4.02. The molecule has 2 heterocycles. The van der Waals surface area contributed by atoms with Crippen molar-refractivity contribution in [2.24, 2.45) is 0 Å². The van der Waals surface area contributed by atoms with Gasteiger partial charge in [-0.2, -0.15) is 5.26 Å². The number of nitrogens with zero attached hydrogens (tertiary/aromatic N) is 4. The molecule has 6 heteroatoms. The topological polar surface area (TPSA) is 88.5 Å². The number of nitriles is 1. The first-order valence-corrected chi connectivity index (χ1v) is 7.80. The van der Waals surface area contributed by atoms with Crippen LogP contribution in [0.25, 0.3) is 11.3 Å². The number of aromatic nitrogens is 3. The molecule has 0 atom stereocenters. The number of nitrogens with two attached hydrogens (primary N) is 1. The Morgan fingerprint density at radius 1 is 1.29 bits per heavy atom. The molecule has 1 fully saturated rings. The van der Waals surface area contributed by atoms with E-state index in [9.17, 15) is 5.26 Å². The molecule has 2 aromatic rings. The molecule has 1 saturated carbocycles. The molecule has 0 amide bonds. The molecule has 0 aromatic carbocycles. The molecule has 2 N–H and O–H groups in total. The predicted molar refractivity (Wildman–Crippen MR) is 82.5 cm³/mol. The van der Waals surface area contributed by atoms with Crippen LogP contribution in [0.2, 0.25) is 0 Å². The Morgan fingerprint density at radius 2 is 2.10 bits per heavy atom. The van der Waals surface area contributed by atoms with Gasteiger partial charge in [-0.3, -0.25) is 4.98 Å². The van der Waals surface area contributed by atoms with Gasteiger partial charge >= 0.3 is 0 Å². The van der Waals surface area contributed by atoms with E-state index in [0.29, 0.717) is 21.7 Å². The molecule has 0 spiro atoms. The van der Waals surface area contributed by atoms with Gasteiger partial charge in [0.2, 0.25) is 0 Å². The normalized spacial score (nSPS) is 15.0. The summed E-state index contributed by atoms with van der Waals surface area (Å²) in [6, 6.07) is 5.79. The molecule has 106 valence electrons.